The molecule has 0 spiro atoms. The van der Waals surface area contributed by atoms with Gasteiger partial charge < -0.3 is 10.8 Å². The quantitative estimate of drug-likeness (QED) is 0.530. The van der Waals surface area contributed by atoms with Crippen LogP contribution in [0.25, 0.3) is 0 Å². The zero-order valence-electron chi connectivity index (χ0n) is 7.37. The standard InChI is InChI=1S/C10H17NO/c11-10(12)8-2-6-1-7(4-8)5-9(10)3-6/h6-9,12H,1-5,11H2. The van der Waals surface area contributed by atoms with E-state index in [9.17, 15) is 5.11 Å². The van der Waals surface area contributed by atoms with E-state index >= 15 is 0 Å². The number of rotatable bonds is 0. The van der Waals surface area contributed by atoms with Crippen LogP contribution in [-0.2, 0) is 0 Å². The molecule has 0 atom stereocenters. The lowest BCUT2D eigenvalue weighted by Gasteiger charge is -2.57. The molecule has 68 valence electrons. The lowest BCUT2D eigenvalue weighted by atomic mass is 9.53. The Hall–Kier alpha value is -0.0800. The van der Waals surface area contributed by atoms with Crippen molar-refractivity contribution in [3.8, 4) is 0 Å². The van der Waals surface area contributed by atoms with Crippen LogP contribution in [0.15, 0.2) is 0 Å². The first-order valence-corrected chi connectivity index (χ1v) is 5.17. The third-order valence-electron chi connectivity index (χ3n) is 4.45. The molecule has 0 aromatic heterocycles. The third kappa shape index (κ3) is 0.775. The van der Waals surface area contributed by atoms with Gasteiger partial charge in [0.25, 0.3) is 0 Å². The zero-order chi connectivity index (χ0) is 8.34. The van der Waals surface area contributed by atoms with E-state index < -0.39 is 5.72 Å². The molecule has 2 heteroatoms. The average Bonchev–Trinajstić information content (AvgIpc) is 1.99. The number of hydrogen-bond acceptors (Lipinski definition) is 2. The molecule has 4 aliphatic rings. The fraction of sp³-hybridized carbons (Fsp3) is 1.00. The molecule has 4 fully saturated rings. The molecule has 0 aromatic rings. The maximum absolute atomic E-state index is 10.1. The van der Waals surface area contributed by atoms with Crippen molar-refractivity contribution in [2.75, 3.05) is 0 Å². The number of aliphatic hydroxyl groups is 1. The minimum absolute atomic E-state index is 0.425. The molecule has 4 rings (SSSR count). The van der Waals surface area contributed by atoms with Crippen LogP contribution in [-0.4, -0.2) is 10.8 Å². The highest BCUT2D eigenvalue weighted by atomic mass is 16.3. The Labute approximate surface area is 73.1 Å². The second-order valence-corrected chi connectivity index (χ2v) is 5.19. The molecule has 2 nitrogen and oxygen atoms in total. The van der Waals surface area contributed by atoms with Crippen molar-refractivity contribution in [3.63, 3.8) is 0 Å². The van der Waals surface area contributed by atoms with Gasteiger partial charge >= 0.3 is 0 Å². The van der Waals surface area contributed by atoms with Gasteiger partial charge in [0.2, 0.25) is 0 Å². The van der Waals surface area contributed by atoms with E-state index in [0.29, 0.717) is 11.8 Å². The Morgan fingerprint density at radius 1 is 0.917 bits per heavy atom. The molecule has 3 N–H and O–H groups in total. The maximum atomic E-state index is 10.1. The second-order valence-electron chi connectivity index (χ2n) is 5.19. The van der Waals surface area contributed by atoms with Crippen LogP contribution in [0.4, 0.5) is 0 Å². The number of hydrogen-bond donors (Lipinski definition) is 2. The highest BCUT2D eigenvalue weighted by Gasteiger charge is 2.54. The van der Waals surface area contributed by atoms with Gasteiger partial charge in [0.15, 0.2) is 0 Å². The molecule has 0 aliphatic heterocycles. The second kappa shape index (κ2) is 2.05. The first-order valence-electron chi connectivity index (χ1n) is 5.17. The van der Waals surface area contributed by atoms with Crippen LogP contribution in [0.1, 0.15) is 32.1 Å². The molecular formula is C10H17NO. The molecule has 0 saturated heterocycles. The van der Waals surface area contributed by atoms with Gasteiger partial charge in [-0.1, -0.05) is 0 Å². The van der Waals surface area contributed by atoms with Crippen LogP contribution in [0.3, 0.4) is 0 Å². The van der Waals surface area contributed by atoms with Crippen molar-refractivity contribution in [1.82, 2.24) is 0 Å². The predicted molar refractivity (Wildman–Crippen MR) is 46.2 cm³/mol. The van der Waals surface area contributed by atoms with E-state index in [1.807, 2.05) is 0 Å². The van der Waals surface area contributed by atoms with Crippen LogP contribution in [0.2, 0.25) is 0 Å². The summed E-state index contributed by atoms with van der Waals surface area (Å²) >= 11 is 0. The van der Waals surface area contributed by atoms with Crippen LogP contribution in [0, 0.1) is 23.7 Å². The summed E-state index contributed by atoms with van der Waals surface area (Å²) in [6.07, 6.45) is 6.20. The average molecular weight is 167 g/mol. The summed E-state index contributed by atoms with van der Waals surface area (Å²) in [5.41, 5.74) is 5.17. The van der Waals surface area contributed by atoms with Crippen LogP contribution >= 0.6 is 0 Å². The fourth-order valence-electron chi connectivity index (χ4n) is 3.94. The molecule has 4 saturated carbocycles. The Balaban J connectivity index is 1.96. The first-order chi connectivity index (χ1) is 5.66. The molecule has 4 aliphatic carbocycles. The smallest absolute Gasteiger partial charge is 0.119 e. The Kier molecular flexibility index (Phi) is 1.25. The molecule has 0 radical (unpaired) electrons. The third-order valence-corrected chi connectivity index (χ3v) is 4.45. The number of nitrogens with two attached hydrogens (primary N) is 1. The molecular weight excluding hydrogens is 150 g/mol. The zero-order valence-corrected chi connectivity index (χ0v) is 7.37. The molecule has 0 heterocycles. The van der Waals surface area contributed by atoms with Gasteiger partial charge in [-0.05, 0) is 43.9 Å². The molecule has 12 heavy (non-hydrogen) atoms. The van der Waals surface area contributed by atoms with Gasteiger partial charge in [-0.25, -0.2) is 0 Å². The molecule has 0 unspecified atom stereocenters. The van der Waals surface area contributed by atoms with Crippen molar-refractivity contribution in [3.05, 3.63) is 0 Å². The van der Waals surface area contributed by atoms with E-state index in [0.717, 1.165) is 11.8 Å². The van der Waals surface area contributed by atoms with Gasteiger partial charge in [-0.15, -0.1) is 0 Å². The van der Waals surface area contributed by atoms with Crippen LogP contribution in [0.5, 0.6) is 0 Å². The van der Waals surface area contributed by atoms with Gasteiger partial charge in [0.1, 0.15) is 5.72 Å². The van der Waals surface area contributed by atoms with Crippen molar-refractivity contribution in [1.29, 1.82) is 0 Å². The Morgan fingerprint density at radius 3 is 1.75 bits per heavy atom. The van der Waals surface area contributed by atoms with Crippen molar-refractivity contribution in [2.24, 2.45) is 29.4 Å². The minimum Gasteiger partial charge on any atom is -0.376 e. The topological polar surface area (TPSA) is 46.2 Å². The van der Waals surface area contributed by atoms with Gasteiger partial charge in [0.05, 0.1) is 0 Å². The fourth-order valence-corrected chi connectivity index (χ4v) is 3.94. The lowest BCUT2D eigenvalue weighted by molar-refractivity contribution is -0.168. The van der Waals surface area contributed by atoms with E-state index in [1.54, 1.807) is 0 Å². The van der Waals surface area contributed by atoms with E-state index in [1.165, 1.54) is 32.1 Å². The summed E-state index contributed by atoms with van der Waals surface area (Å²) in [5.74, 6) is 2.65. The minimum atomic E-state index is -0.798. The highest BCUT2D eigenvalue weighted by Crippen LogP contribution is 2.56. The van der Waals surface area contributed by atoms with Crippen LogP contribution < -0.4 is 5.73 Å². The summed E-state index contributed by atoms with van der Waals surface area (Å²) in [7, 11) is 0. The van der Waals surface area contributed by atoms with E-state index in [-0.39, 0.29) is 0 Å². The first kappa shape index (κ1) is 7.34. The highest BCUT2D eigenvalue weighted by molar-refractivity contribution is 5.03. The molecule has 0 aromatic carbocycles. The summed E-state index contributed by atoms with van der Waals surface area (Å²) in [6, 6.07) is 0. The summed E-state index contributed by atoms with van der Waals surface area (Å²) in [5, 5.41) is 10.1. The van der Waals surface area contributed by atoms with E-state index in [4.69, 9.17) is 5.73 Å². The van der Waals surface area contributed by atoms with Crippen molar-refractivity contribution in [2.45, 2.75) is 37.8 Å². The normalized spacial score (nSPS) is 62.5. The van der Waals surface area contributed by atoms with E-state index in [2.05, 4.69) is 0 Å². The van der Waals surface area contributed by atoms with Crippen molar-refractivity contribution < 1.29 is 5.11 Å². The monoisotopic (exact) mass is 167 g/mol. The summed E-state index contributed by atoms with van der Waals surface area (Å²) in [4.78, 5) is 0. The Morgan fingerprint density at radius 2 is 1.33 bits per heavy atom. The Bertz CT molecular complexity index is 182. The summed E-state index contributed by atoms with van der Waals surface area (Å²) in [6.45, 7) is 0. The van der Waals surface area contributed by atoms with Gasteiger partial charge in [0, 0.05) is 11.8 Å². The molecule has 4 bridgehead atoms. The predicted octanol–water partition coefficient (Wildman–Crippen LogP) is 1.09. The van der Waals surface area contributed by atoms with Gasteiger partial charge in [-0.2, -0.15) is 0 Å². The largest absolute Gasteiger partial charge is 0.376 e. The summed E-state index contributed by atoms with van der Waals surface area (Å²) < 4.78 is 0. The SMILES string of the molecule is NC1(O)C2CC3CC(C2)CC1C3. The van der Waals surface area contributed by atoms with Crippen molar-refractivity contribution >= 4 is 0 Å². The van der Waals surface area contributed by atoms with Gasteiger partial charge in [-0.3, -0.25) is 0 Å². The maximum Gasteiger partial charge on any atom is 0.119 e. The lowest BCUT2D eigenvalue weighted by Crippen LogP contribution is -2.62. The molecule has 0 amide bonds.